The van der Waals surface area contributed by atoms with Gasteiger partial charge in [0, 0.05) is 23.1 Å². The molecule has 124 valence electrons. The maximum absolute atomic E-state index is 12.0. The van der Waals surface area contributed by atoms with E-state index in [2.05, 4.69) is 18.1 Å². The Morgan fingerprint density at radius 2 is 1.88 bits per heavy atom. The van der Waals surface area contributed by atoms with E-state index in [1.165, 1.54) is 0 Å². The van der Waals surface area contributed by atoms with E-state index in [0.717, 1.165) is 27.7 Å². The monoisotopic (exact) mass is 338 g/mol. The molecule has 3 rings (SSSR count). The van der Waals surface area contributed by atoms with Crippen LogP contribution in [-0.2, 0) is 5.75 Å². The molecule has 0 radical (unpaired) electrons. The average Bonchev–Trinajstić information content (AvgIpc) is 3.03. The standard InChI is InChI=1S/C18H16N2OS.C2H6/c1-4-14-16(5-2)22-11-15-17(12(3)21)19-18(20(14)15)13-9-7-6-8-10-13;1-2/h4-10H,1-2,11H2,3H3;1-2H3. The topological polar surface area (TPSA) is 34.9 Å². The fourth-order valence-electron chi connectivity index (χ4n) is 2.59. The molecule has 1 aromatic heterocycles. The molecule has 0 saturated heterocycles. The van der Waals surface area contributed by atoms with Gasteiger partial charge in [-0.3, -0.25) is 9.36 Å². The van der Waals surface area contributed by atoms with Crippen LogP contribution in [0.25, 0.3) is 17.1 Å². The molecular weight excluding hydrogens is 316 g/mol. The Morgan fingerprint density at radius 3 is 2.42 bits per heavy atom. The number of benzene rings is 1. The highest BCUT2D eigenvalue weighted by molar-refractivity contribution is 8.02. The van der Waals surface area contributed by atoms with E-state index >= 15 is 0 Å². The van der Waals surface area contributed by atoms with Crippen LogP contribution in [0.15, 0.2) is 60.5 Å². The van der Waals surface area contributed by atoms with Crippen molar-refractivity contribution in [1.82, 2.24) is 9.55 Å². The summed E-state index contributed by atoms with van der Waals surface area (Å²) in [7, 11) is 0. The molecule has 2 aromatic rings. The Balaban J connectivity index is 0.00000100. The second-order valence-electron chi connectivity index (χ2n) is 4.93. The maximum Gasteiger partial charge on any atom is 0.180 e. The minimum Gasteiger partial charge on any atom is -0.294 e. The molecule has 1 aliphatic rings. The number of nitrogens with zero attached hydrogens (tertiary/aromatic N) is 2. The Hall–Kier alpha value is -2.33. The van der Waals surface area contributed by atoms with E-state index in [-0.39, 0.29) is 5.78 Å². The minimum atomic E-state index is -0.0167. The third-order valence-electron chi connectivity index (χ3n) is 3.57. The number of thioether (sulfide) groups is 1. The molecule has 2 heterocycles. The van der Waals surface area contributed by atoms with E-state index in [1.807, 2.05) is 54.8 Å². The van der Waals surface area contributed by atoms with Crippen molar-refractivity contribution in [3.63, 3.8) is 0 Å². The number of hydrogen-bond donors (Lipinski definition) is 0. The molecular formula is C20H22N2OS. The number of allylic oxidation sites excluding steroid dienone is 3. The van der Waals surface area contributed by atoms with Gasteiger partial charge in [0.1, 0.15) is 11.5 Å². The highest BCUT2D eigenvalue weighted by Gasteiger charge is 2.26. The zero-order valence-corrected chi connectivity index (χ0v) is 15.2. The van der Waals surface area contributed by atoms with E-state index < -0.39 is 0 Å². The molecule has 0 spiro atoms. The number of ketones is 1. The molecule has 3 nitrogen and oxygen atoms in total. The lowest BCUT2D eigenvalue weighted by Gasteiger charge is -2.21. The van der Waals surface area contributed by atoms with E-state index in [4.69, 9.17) is 0 Å². The Bertz CT molecular complexity index is 801. The molecule has 0 bridgehead atoms. The summed E-state index contributed by atoms with van der Waals surface area (Å²) in [6.07, 6.45) is 3.62. The SMILES string of the molecule is C=CC1=C(C=C)n2c(-c3ccccc3)nc(C(C)=O)c2CS1.CC. The van der Waals surface area contributed by atoms with Crippen LogP contribution in [0.2, 0.25) is 0 Å². The summed E-state index contributed by atoms with van der Waals surface area (Å²) in [4.78, 5) is 17.6. The van der Waals surface area contributed by atoms with Gasteiger partial charge in [0.25, 0.3) is 0 Å². The Morgan fingerprint density at radius 1 is 1.21 bits per heavy atom. The molecule has 0 N–H and O–H groups in total. The average molecular weight is 338 g/mol. The van der Waals surface area contributed by atoms with E-state index in [1.54, 1.807) is 24.8 Å². The lowest BCUT2D eigenvalue weighted by molar-refractivity contribution is 0.101. The first-order valence-electron chi connectivity index (χ1n) is 7.97. The zero-order chi connectivity index (χ0) is 17.7. The third-order valence-corrected chi connectivity index (χ3v) is 4.68. The van der Waals surface area contributed by atoms with Gasteiger partial charge in [-0.25, -0.2) is 4.98 Å². The molecule has 0 fully saturated rings. The first-order chi connectivity index (χ1) is 11.7. The molecule has 1 aliphatic heterocycles. The van der Waals surface area contributed by atoms with Crippen molar-refractivity contribution < 1.29 is 4.79 Å². The van der Waals surface area contributed by atoms with Crippen molar-refractivity contribution in [2.45, 2.75) is 26.5 Å². The number of hydrogen-bond acceptors (Lipinski definition) is 3. The summed E-state index contributed by atoms with van der Waals surface area (Å²) >= 11 is 1.66. The van der Waals surface area contributed by atoms with Crippen LogP contribution in [0, 0.1) is 0 Å². The Kier molecular flexibility index (Phi) is 5.99. The van der Waals surface area contributed by atoms with Gasteiger partial charge in [0.15, 0.2) is 5.78 Å². The van der Waals surface area contributed by atoms with Crippen LogP contribution in [-0.4, -0.2) is 15.3 Å². The first-order valence-corrected chi connectivity index (χ1v) is 8.96. The fourth-order valence-corrected chi connectivity index (χ4v) is 3.59. The van der Waals surface area contributed by atoms with E-state index in [0.29, 0.717) is 11.4 Å². The lowest BCUT2D eigenvalue weighted by Crippen LogP contribution is -2.10. The summed E-state index contributed by atoms with van der Waals surface area (Å²) in [5, 5.41) is 0. The van der Waals surface area contributed by atoms with Gasteiger partial charge in [0.05, 0.1) is 11.4 Å². The van der Waals surface area contributed by atoms with Gasteiger partial charge in [-0.2, -0.15) is 0 Å². The van der Waals surface area contributed by atoms with Crippen molar-refractivity contribution in [3.8, 4) is 11.4 Å². The second kappa shape index (κ2) is 7.97. The predicted molar refractivity (Wildman–Crippen MR) is 104 cm³/mol. The smallest absolute Gasteiger partial charge is 0.180 e. The maximum atomic E-state index is 12.0. The van der Waals surface area contributed by atoms with Crippen LogP contribution in [0.5, 0.6) is 0 Å². The fraction of sp³-hybridized carbons (Fsp3) is 0.200. The molecule has 0 saturated carbocycles. The molecule has 0 atom stereocenters. The summed E-state index contributed by atoms with van der Waals surface area (Å²) in [5.74, 6) is 1.46. The first kappa shape index (κ1) is 18.0. The minimum absolute atomic E-state index is 0.0167. The Labute approximate surface area is 147 Å². The van der Waals surface area contributed by atoms with Crippen LogP contribution in [0.4, 0.5) is 0 Å². The number of imidazole rings is 1. The van der Waals surface area contributed by atoms with Crippen LogP contribution in [0.3, 0.4) is 0 Å². The van der Waals surface area contributed by atoms with Crippen molar-refractivity contribution in [2.75, 3.05) is 0 Å². The molecule has 24 heavy (non-hydrogen) atoms. The lowest BCUT2D eigenvalue weighted by atomic mass is 10.2. The number of carbonyl (C=O) groups is 1. The van der Waals surface area contributed by atoms with Crippen molar-refractivity contribution in [3.05, 3.63) is 71.9 Å². The normalized spacial score (nSPS) is 12.8. The second-order valence-corrected chi connectivity index (χ2v) is 5.95. The van der Waals surface area contributed by atoms with Crippen LogP contribution >= 0.6 is 11.8 Å². The van der Waals surface area contributed by atoms with Gasteiger partial charge in [-0.05, 0) is 6.08 Å². The predicted octanol–water partition coefficient (Wildman–Crippen LogP) is 5.57. The van der Waals surface area contributed by atoms with Gasteiger partial charge >= 0.3 is 0 Å². The highest BCUT2D eigenvalue weighted by atomic mass is 32.2. The highest BCUT2D eigenvalue weighted by Crippen LogP contribution is 2.39. The number of Topliss-reactive ketones (excluding diaryl/α,β-unsaturated/α-hetero) is 1. The van der Waals surface area contributed by atoms with Gasteiger partial charge < -0.3 is 0 Å². The number of fused-ring (bicyclic) bond motifs is 1. The zero-order valence-electron chi connectivity index (χ0n) is 14.4. The van der Waals surface area contributed by atoms with E-state index in [9.17, 15) is 4.79 Å². The summed E-state index contributed by atoms with van der Waals surface area (Å²) < 4.78 is 2.03. The van der Waals surface area contributed by atoms with Gasteiger partial charge in [0.2, 0.25) is 0 Å². The quantitative estimate of drug-likeness (QED) is 0.684. The van der Waals surface area contributed by atoms with Crippen LogP contribution < -0.4 is 0 Å². The summed E-state index contributed by atoms with van der Waals surface area (Å²) in [5.41, 5.74) is 3.37. The number of carbonyl (C=O) groups excluding carboxylic acids is 1. The molecule has 0 unspecified atom stereocenters. The summed E-state index contributed by atoms with van der Waals surface area (Å²) in [6, 6.07) is 9.89. The summed E-state index contributed by atoms with van der Waals surface area (Å²) in [6.45, 7) is 13.3. The van der Waals surface area contributed by atoms with Crippen molar-refractivity contribution >= 4 is 23.2 Å². The largest absolute Gasteiger partial charge is 0.294 e. The molecule has 0 amide bonds. The van der Waals surface area contributed by atoms with Crippen molar-refractivity contribution in [2.24, 2.45) is 0 Å². The molecule has 4 heteroatoms. The van der Waals surface area contributed by atoms with Gasteiger partial charge in [-0.1, -0.05) is 63.4 Å². The van der Waals surface area contributed by atoms with Gasteiger partial charge in [-0.15, -0.1) is 11.8 Å². The van der Waals surface area contributed by atoms with Crippen molar-refractivity contribution in [1.29, 1.82) is 0 Å². The third kappa shape index (κ3) is 3.15. The molecule has 0 aliphatic carbocycles. The van der Waals surface area contributed by atoms with Crippen LogP contribution in [0.1, 0.15) is 37.0 Å². The number of rotatable bonds is 4. The molecule has 1 aromatic carbocycles. The number of aromatic nitrogens is 2.